The highest BCUT2D eigenvalue weighted by Crippen LogP contribution is 2.19. The van der Waals surface area contributed by atoms with E-state index in [-0.39, 0.29) is 11.9 Å². The summed E-state index contributed by atoms with van der Waals surface area (Å²) in [5.41, 5.74) is 0.813. The zero-order valence-corrected chi connectivity index (χ0v) is 12.6. The Morgan fingerprint density at radius 3 is 2.70 bits per heavy atom. The standard InChI is InChI=1S/C16H24N2O2/c1-12-5-4-10-18(11-12)13(2)16(19)17-14-6-8-15(20-3)9-7-14/h6-9,12-13H,4-5,10-11H2,1-3H3,(H,17,19)/t12-,13-/m0/s1. The minimum atomic E-state index is -0.0835. The van der Waals surface area contributed by atoms with Gasteiger partial charge in [0.05, 0.1) is 13.2 Å². The molecule has 1 heterocycles. The highest BCUT2D eigenvalue weighted by molar-refractivity contribution is 5.94. The molecule has 0 saturated carbocycles. The maximum Gasteiger partial charge on any atom is 0.241 e. The van der Waals surface area contributed by atoms with Gasteiger partial charge in [0.2, 0.25) is 5.91 Å². The van der Waals surface area contributed by atoms with Crippen molar-refractivity contribution in [2.45, 2.75) is 32.7 Å². The van der Waals surface area contributed by atoms with Gasteiger partial charge in [0.15, 0.2) is 0 Å². The summed E-state index contributed by atoms with van der Waals surface area (Å²) < 4.78 is 5.11. The second-order valence-corrected chi connectivity index (χ2v) is 5.64. The van der Waals surface area contributed by atoms with Crippen LogP contribution >= 0.6 is 0 Å². The van der Waals surface area contributed by atoms with Crippen molar-refractivity contribution in [2.24, 2.45) is 5.92 Å². The van der Waals surface area contributed by atoms with E-state index in [1.807, 2.05) is 31.2 Å². The summed E-state index contributed by atoms with van der Waals surface area (Å²) in [4.78, 5) is 14.6. The van der Waals surface area contributed by atoms with E-state index in [9.17, 15) is 4.79 Å². The molecule has 2 rings (SSSR count). The lowest BCUT2D eigenvalue weighted by Crippen LogP contribution is -2.46. The first-order valence-corrected chi connectivity index (χ1v) is 7.29. The van der Waals surface area contributed by atoms with Crippen LogP contribution < -0.4 is 10.1 Å². The Balaban J connectivity index is 1.92. The van der Waals surface area contributed by atoms with Crippen LogP contribution in [0.1, 0.15) is 26.7 Å². The van der Waals surface area contributed by atoms with Gasteiger partial charge in [-0.2, -0.15) is 0 Å². The SMILES string of the molecule is COc1ccc(NC(=O)[C@H](C)N2CCC[C@H](C)C2)cc1. The van der Waals surface area contributed by atoms with Gasteiger partial charge >= 0.3 is 0 Å². The molecule has 1 aromatic carbocycles. The van der Waals surface area contributed by atoms with Gasteiger partial charge in [-0.1, -0.05) is 6.92 Å². The maximum atomic E-state index is 12.3. The number of carbonyl (C=O) groups is 1. The van der Waals surface area contributed by atoms with Crippen molar-refractivity contribution in [3.63, 3.8) is 0 Å². The molecule has 0 aromatic heterocycles. The van der Waals surface area contributed by atoms with Crippen molar-refractivity contribution in [1.82, 2.24) is 4.90 Å². The van der Waals surface area contributed by atoms with E-state index in [2.05, 4.69) is 17.1 Å². The van der Waals surface area contributed by atoms with Crippen LogP contribution in [0.3, 0.4) is 0 Å². The second kappa shape index (κ2) is 6.75. The van der Waals surface area contributed by atoms with E-state index in [4.69, 9.17) is 4.74 Å². The molecule has 0 unspecified atom stereocenters. The molecule has 1 fully saturated rings. The number of nitrogens with one attached hydrogen (secondary N) is 1. The van der Waals surface area contributed by atoms with Gasteiger partial charge in [-0.05, 0) is 56.5 Å². The van der Waals surface area contributed by atoms with Gasteiger partial charge in [0.1, 0.15) is 5.75 Å². The molecule has 4 heteroatoms. The van der Waals surface area contributed by atoms with Gasteiger partial charge in [-0.3, -0.25) is 9.69 Å². The molecule has 1 aliphatic heterocycles. The summed E-state index contributed by atoms with van der Waals surface area (Å²) >= 11 is 0. The Morgan fingerprint density at radius 2 is 2.10 bits per heavy atom. The highest BCUT2D eigenvalue weighted by Gasteiger charge is 2.25. The van der Waals surface area contributed by atoms with Crippen molar-refractivity contribution < 1.29 is 9.53 Å². The van der Waals surface area contributed by atoms with E-state index in [0.29, 0.717) is 5.92 Å². The summed E-state index contributed by atoms with van der Waals surface area (Å²) in [6.45, 7) is 6.26. The third-order valence-corrected chi connectivity index (χ3v) is 3.97. The first-order valence-electron chi connectivity index (χ1n) is 7.29. The number of anilines is 1. The van der Waals surface area contributed by atoms with Gasteiger partial charge in [-0.15, -0.1) is 0 Å². The van der Waals surface area contributed by atoms with E-state index < -0.39 is 0 Å². The lowest BCUT2D eigenvalue weighted by atomic mass is 9.99. The third kappa shape index (κ3) is 3.73. The molecular formula is C16H24N2O2. The number of benzene rings is 1. The molecule has 1 amide bonds. The quantitative estimate of drug-likeness (QED) is 0.919. The average Bonchev–Trinajstić information content (AvgIpc) is 2.47. The van der Waals surface area contributed by atoms with Crippen molar-refractivity contribution in [3.8, 4) is 5.75 Å². The molecule has 1 aliphatic rings. The normalized spacial score (nSPS) is 21.2. The number of amides is 1. The largest absolute Gasteiger partial charge is 0.497 e. The zero-order chi connectivity index (χ0) is 14.5. The minimum Gasteiger partial charge on any atom is -0.497 e. The van der Waals surface area contributed by atoms with Crippen LogP contribution in [0.2, 0.25) is 0 Å². The van der Waals surface area contributed by atoms with E-state index in [1.54, 1.807) is 7.11 Å². The van der Waals surface area contributed by atoms with Crippen LogP contribution in [0.5, 0.6) is 5.75 Å². The molecule has 1 aromatic rings. The molecule has 0 radical (unpaired) electrons. The number of rotatable bonds is 4. The molecule has 0 bridgehead atoms. The lowest BCUT2D eigenvalue weighted by molar-refractivity contribution is -0.121. The summed E-state index contributed by atoms with van der Waals surface area (Å²) in [5, 5.41) is 2.97. The van der Waals surface area contributed by atoms with Crippen LogP contribution in [-0.4, -0.2) is 37.0 Å². The first-order chi connectivity index (χ1) is 9.60. The third-order valence-electron chi connectivity index (χ3n) is 3.97. The number of hydrogen-bond acceptors (Lipinski definition) is 3. The summed E-state index contributed by atoms with van der Waals surface area (Å²) in [5.74, 6) is 1.53. The van der Waals surface area contributed by atoms with Crippen LogP contribution in [0.4, 0.5) is 5.69 Å². The van der Waals surface area contributed by atoms with Crippen molar-refractivity contribution in [3.05, 3.63) is 24.3 Å². The van der Waals surface area contributed by atoms with Crippen LogP contribution in [0.25, 0.3) is 0 Å². The van der Waals surface area contributed by atoms with Crippen molar-refractivity contribution in [2.75, 3.05) is 25.5 Å². The smallest absolute Gasteiger partial charge is 0.241 e. The molecule has 1 saturated heterocycles. The Labute approximate surface area is 121 Å². The molecular weight excluding hydrogens is 252 g/mol. The van der Waals surface area contributed by atoms with Gasteiger partial charge in [-0.25, -0.2) is 0 Å². The van der Waals surface area contributed by atoms with Gasteiger partial charge in [0.25, 0.3) is 0 Å². The zero-order valence-electron chi connectivity index (χ0n) is 12.6. The fourth-order valence-corrected chi connectivity index (χ4v) is 2.66. The number of piperidine rings is 1. The molecule has 4 nitrogen and oxygen atoms in total. The Hall–Kier alpha value is -1.55. The predicted octanol–water partition coefficient (Wildman–Crippen LogP) is 2.75. The molecule has 110 valence electrons. The topological polar surface area (TPSA) is 41.6 Å². The van der Waals surface area contributed by atoms with Crippen molar-refractivity contribution in [1.29, 1.82) is 0 Å². The highest BCUT2D eigenvalue weighted by atomic mass is 16.5. The Morgan fingerprint density at radius 1 is 1.40 bits per heavy atom. The number of nitrogens with zero attached hydrogens (tertiary/aromatic N) is 1. The summed E-state index contributed by atoms with van der Waals surface area (Å²) in [7, 11) is 1.63. The molecule has 0 aliphatic carbocycles. The van der Waals surface area contributed by atoms with Gasteiger partial charge in [0, 0.05) is 12.2 Å². The minimum absolute atomic E-state index is 0.0595. The number of ether oxygens (including phenoxy) is 1. The molecule has 20 heavy (non-hydrogen) atoms. The molecule has 2 atom stereocenters. The fraction of sp³-hybridized carbons (Fsp3) is 0.562. The van der Waals surface area contributed by atoms with Crippen LogP contribution in [0.15, 0.2) is 24.3 Å². The lowest BCUT2D eigenvalue weighted by Gasteiger charge is -2.34. The van der Waals surface area contributed by atoms with Crippen LogP contribution in [-0.2, 0) is 4.79 Å². The maximum absolute atomic E-state index is 12.3. The van der Waals surface area contributed by atoms with Crippen LogP contribution in [0, 0.1) is 5.92 Å². The number of likely N-dealkylation sites (tertiary alicyclic amines) is 1. The predicted molar refractivity (Wildman–Crippen MR) is 81.1 cm³/mol. The Bertz CT molecular complexity index is 444. The monoisotopic (exact) mass is 276 g/mol. The second-order valence-electron chi connectivity index (χ2n) is 5.64. The summed E-state index contributed by atoms with van der Waals surface area (Å²) in [6.07, 6.45) is 2.45. The number of methoxy groups -OCH3 is 1. The van der Waals surface area contributed by atoms with E-state index >= 15 is 0 Å². The summed E-state index contributed by atoms with van der Waals surface area (Å²) in [6, 6.07) is 7.34. The Kier molecular flexibility index (Phi) is 5.01. The molecule has 1 N–H and O–H groups in total. The first kappa shape index (κ1) is 14.9. The number of hydrogen-bond donors (Lipinski definition) is 1. The van der Waals surface area contributed by atoms with Crippen molar-refractivity contribution >= 4 is 11.6 Å². The number of carbonyl (C=O) groups excluding carboxylic acids is 1. The molecule has 0 spiro atoms. The average molecular weight is 276 g/mol. The fourth-order valence-electron chi connectivity index (χ4n) is 2.66. The van der Waals surface area contributed by atoms with E-state index in [1.165, 1.54) is 12.8 Å². The van der Waals surface area contributed by atoms with Gasteiger partial charge < -0.3 is 10.1 Å². The van der Waals surface area contributed by atoms with E-state index in [0.717, 1.165) is 24.5 Å².